The van der Waals surface area contributed by atoms with Gasteiger partial charge in [-0.1, -0.05) is 0 Å². The maximum absolute atomic E-state index is 12.4. The van der Waals surface area contributed by atoms with Crippen LogP contribution in [0.15, 0.2) is 0 Å². The van der Waals surface area contributed by atoms with Crippen molar-refractivity contribution >= 4 is 6.03 Å². The lowest BCUT2D eigenvalue weighted by Crippen LogP contribution is -2.56. The number of terminal acetylenes is 1. The van der Waals surface area contributed by atoms with E-state index in [1.807, 2.05) is 6.92 Å². The normalized spacial score (nSPS) is 18.7. The van der Waals surface area contributed by atoms with Crippen molar-refractivity contribution in [3.05, 3.63) is 0 Å². The molecule has 0 aliphatic carbocycles. The molecule has 0 spiro atoms. The predicted molar refractivity (Wildman–Crippen MR) is 47.9 cm³/mol. The number of amides is 2. The van der Waals surface area contributed by atoms with Crippen LogP contribution in [0.4, 0.5) is 9.18 Å². The van der Waals surface area contributed by atoms with Crippen LogP contribution in [-0.2, 0) is 0 Å². The number of hydrogen-bond donors (Lipinski definition) is 1. The SMILES string of the molecule is C#CCC(C)NC(=O)N1CC(F)C1. The van der Waals surface area contributed by atoms with Gasteiger partial charge in [0, 0.05) is 12.5 Å². The van der Waals surface area contributed by atoms with E-state index < -0.39 is 6.17 Å². The second kappa shape index (κ2) is 4.13. The fraction of sp³-hybridized carbons (Fsp3) is 0.667. The van der Waals surface area contributed by atoms with Crippen LogP contribution in [0.3, 0.4) is 0 Å². The summed E-state index contributed by atoms with van der Waals surface area (Å²) in [6.45, 7) is 2.23. The summed E-state index contributed by atoms with van der Waals surface area (Å²) >= 11 is 0. The number of urea groups is 1. The number of nitrogens with zero attached hydrogens (tertiary/aromatic N) is 1. The smallest absolute Gasteiger partial charge is 0.317 e. The van der Waals surface area contributed by atoms with Crippen LogP contribution in [0.1, 0.15) is 13.3 Å². The molecule has 0 aromatic rings. The highest BCUT2D eigenvalue weighted by Crippen LogP contribution is 2.10. The molecular weight excluding hydrogens is 171 g/mol. The summed E-state index contributed by atoms with van der Waals surface area (Å²) in [6.07, 6.45) is 4.72. The molecule has 1 unspecified atom stereocenters. The van der Waals surface area contributed by atoms with Crippen LogP contribution in [-0.4, -0.2) is 36.2 Å². The van der Waals surface area contributed by atoms with Gasteiger partial charge in [0.15, 0.2) is 0 Å². The van der Waals surface area contributed by atoms with Crippen molar-refractivity contribution in [2.45, 2.75) is 25.6 Å². The Labute approximate surface area is 77.3 Å². The highest BCUT2D eigenvalue weighted by Gasteiger charge is 2.30. The van der Waals surface area contributed by atoms with Crippen molar-refractivity contribution < 1.29 is 9.18 Å². The van der Waals surface area contributed by atoms with Crippen molar-refractivity contribution in [2.75, 3.05) is 13.1 Å². The van der Waals surface area contributed by atoms with Crippen LogP contribution in [0.25, 0.3) is 0 Å². The van der Waals surface area contributed by atoms with Crippen LogP contribution >= 0.6 is 0 Å². The molecule has 3 nitrogen and oxygen atoms in total. The van der Waals surface area contributed by atoms with E-state index in [0.717, 1.165) is 0 Å². The first kappa shape index (κ1) is 9.85. The molecule has 1 aliphatic rings. The number of hydrogen-bond acceptors (Lipinski definition) is 1. The quantitative estimate of drug-likeness (QED) is 0.631. The van der Waals surface area contributed by atoms with Gasteiger partial charge in [-0.05, 0) is 6.92 Å². The van der Waals surface area contributed by atoms with Crippen LogP contribution in [0, 0.1) is 12.3 Å². The second-order valence-corrected chi connectivity index (χ2v) is 3.26. The molecule has 1 rings (SSSR count). The van der Waals surface area contributed by atoms with Crippen LogP contribution in [0.2, 0.25) is 0 Å². The molecule has 1 saturated heterocycles. The average molecular weight is 184 g/mol. The Morgan fingerprint density at radius 1 is 1.85 bits per heavy atom. The number of nitrogens with one attached hydrogen (secondary N) is 1. The third-order valence-corrected chi connectivity index (χ3v) is 1.92. The zero-order chi connectivity index (χ0) is 9.84. The van der Waals surface area contributed by atoms with Gasteiger partial charge >= 0.3 is 6.03 Å². The number of rotatable bonds is 2. The van der Waals surface area contributed by atoms with Gasteiger partial charge in [0.25, 0.3) is 0 Å². The summed E-state index contributed by atoms with van der Waals surface area (Å²) in [4.78, 5) is 12.7. The molecule has 4 heteroatoms. The Kier molecular flexibility index (Phi) is 3.13. The van der Waals surface area contributed by atoms with E-state index in [1.54, 1.807) is 0 Å². The molecule has 1 atom stereocenters. The molecule has 0 bridgehead atoms. The minimum absolute atomic E-state index is 0.0452. The molecule has 1 N–H and O–H groups in total. The zero-order valence-corrected chi connectivity index (χ0v) is 7.59. The Morgan fingerprint density at radius 3 is 2.92 bits per heavy atom. The van der Waals surface area contributed by atoms with Crippen LogP contribution < -0.4 is 5.32 Å². The first-order valence-corrected chi connectivity index (χ1v) is 4.26. The summed E-state index contributed by atoms with van der Waals surface area (Å²) in [6, 6.07) is -0.271. The second-order valence-electron chi connectivity index (χ2n) is 3.26. The van der Waals surface area contributed by atoms with E-state index in [1.165, 1.54) is 4.90 Å². The summed E-state index contributed by atoms with van der Waals surface area (Å²) < 4.78 is 12.4. The number of alkyl halides is 1. The number of likely N-dealkylation sites (tertiary alicyclic amines) is 1. The fourth-order valence-corrected chi connectivity index (χ4v) is 1.12. The van der Waals surface area contributed by atoms with E-state index in [-0.39, 0.29) is 25.2 Å². The maximum Gasteiger partial charge on any atom is 0.317 e. The molecule has 0 aromatic heterocycles. The summed E-state index contributed by atoms with van der Waals surface area (Å²) in [7, 11) is 0. The standard InChI is InChI=1S/C9H13FN2O/c1-3-4-7(2)11-9(13)12-5-8(10)6-12/h1,7-8H,4-6H2,2H3,(H,11,13). The van der Waals surface area contributed by atoms with Crippen molar-refractivity contribution in [1.82, 2.24) is 10.2 Å². The van der Waals surface area contributed by atoms with Gasteiger partial charge in [-0.25, -0.2) is 9.18 Å². The van der Waals surface area contributed by atoms with Gasteiger partial charge in [-0.2, -0.15) is 0 Å². The van der Waals surface area contributed by atoms with Crippen molar-refractivity contribution in [3.8, 4) is 12.3 Å². The first-order valence-electron chi connectivity index (χ1n) is 4.26. The molecule has 0 radical (unpaired) electrons. The van der Waals surface area contributed by atoms with Gasteiger partial charge < -0.3 is 10.2 Å². The van der Waals surface area contributed by atoms with Crippen LogP contribution in [0.5, 0.6) is 0 Å². The zero-order valence-electron chi connectivity index (χ0n) is 7.59. The van der Waals surface area contributed by atoms with Crippen molar-refractivity contribution in [2.24, 2.45) is 0 Å². The van der Waals surface area contributed by atoms with E-state index in [2.05, 4.69) is 11.2 Å². The Bertz CT molecular complexity index is 230. The van der Waals surface area contributed by atoms with Crippen molar-refractivity contribution in [3.63, 3.8) is 0 Å². The molecule has 1 heterocycles. The number of carbonyl (C=O) groups excluding carboxylic acids is 1. The Morgan fingerprint density at radius 2 is 2.46 bits per heavy atom. The molecule has 1 fully saturated rings. The lowest BCUT2D eigenvalue weighted by Gasteiger charge is -2.34. The van der Waals surface area contributed by atoms with E-state index in [9.17, 15) is 9.18 Å². The topological polar surface area (TPSA) is 32.3 Å². The largest absolute Gasteiger partial charge is 0.335 e. The highest BCUT2D eigenvalue weighted by atomic mass is 19.1. The minimum atomic E-state index is -0.853. The first-order chi connectivity index (χ1) is 6.13. The third kappa shape index (κ3) is 2.62. The molecule has 1 aliphatic heterocycles. The summed E-state index contributed by atoms with van der Waals surface area (Å²) in [5, 5.41) is 2.68. The Balaban J connectivity index is 2.22. The molecule has 0 saturated carbocycles. The fourth-order valence-electron chi connectivity index (χ4n) is 1.12. The van der Waals surface area contributed by atoms with E-state index in [4.69, 9.17) is 6.42 Å². The lowest BCUT2D eigenvalue weighted by atomic mass is 10.2. The maximum atomic E-state index is 12.4. The molecule has 13 heavy (non-hydrogen) atoms. The molecule has 0 aromatic carbocycles. The number of carbonyl (C=O) groups is 1. The Hall–Kier alpha value is -1.24. The monoisotopic (exact) mass is 184 g/mol. The third-order valence-electron chi connectivity index (χ3n) is 1.92. The number of halogens is 1. The van der Waals surface area contributed by atoms with Gasteiger partial charge in [0.2, 0.25) is 0 Å². The van der Waals surface area contributed by atoms with Crippen molar-refractivity contribution in [1.29, 1.82) is 0 Å². The molecule has 72 valence electrons. The summed E-state index contributed by atoms with van der Waals surface area (Å²) in [5.41, 5.74) is 0. The van der Waals surface area contributed by atoms with Gasteiger partial charge in [-0.15, -0.1) is 12.3 Å². The average Bonchev–Trinajstić information content (AvgIpc) is 1.99. The highest BCUT2D eigenvalue weighted by molar-refractivity contribution is 5.75. The minimum Gasteiger partial charge on any atom is -0.335 e. The molecular formula is C9H13FN2O. The van der Waals surface area contributed by atoms with E-state index in [0.29, 0.717) is 6.42 Å². The lowest BCUT2D eigenvalue weighted by molar-refractivity contribution is 0.0885. The van der Waals surface area contributed by atoms with Gasteiger partial charge in [-0.3, -0.25) is 0 Å². The summed E-state index contributed by atoms with van der Waals surface area (Å²) in [5.74, 6) is 2.45. The van der Waals surface area contributed by atoms with Gasteiger partial charge in [0.05, 0.1) is 13.1 Å². The van der Waals surface area contributed by atoms with E-state index >= 15 is 0 Å². The predicted octanol–water partition coefficient (Wildman–Crippen LogP) is 0.762. The molecule has 2 amide bonds. The van der Waals surface area contributed by atoms with Gasteiger partial charge in [0.1, 0.15) is 6.17 Å².